The highest BCUT2D eigenvalue weighted by atomic mass is 15.1. The van der Waals surface area contributed by atoms with Crippen LogP contribution < -0.4 is 5.32 Å². The van der Waals surface area contributed by atoms with Crippen LogP contribution in [-0.4, -0.2) is 30.6 Å². The van der Waals surface area contributed by atoms with Crippen LogP contribution >= 0.6 is 0 Å². The Bertz CT molecular complexity index is 2730. The van der Waals surface area contributed by atoms with Gasteiger partial charge in [0.25, 0.3) is 0 Å². The molecule has 1 aliphatic rings. The molecular weight excluding hydrogens is 613 g/mol. The fourth-order valence-electron chi connectivity index (χ4n) is 7.37. The Hall–Kier alpha value is -6.79. The smallest absolute Gasteiger partial charge is 0.180 e. The third-order valence-electron chi connectivity index (χ3n) is 9.58. The van der Waals surface area contributed by atoms with E-state index in [1.165, 1.54) is 32.6 Å². The van der Waals surface area contributed by atoms with Gasteiger partial charge in [-0.25, -0.2) is 15.0 Å². The lowest BCUT2D eigenvalue weighted by molar-refractivity contribution is 0.935. The van der Waals surface area contributed by atoms with Crippen LogP contribution in [0.3, 0.4) is 0 Å². The molecule has 9 aromatic rings. The molecule has 0 unspecified atom stereocenters. The van der Waals surface area contributed by atoms with Gasteiger partial charge in [-0.15, -0.1) is 0 Å². The van der Waals surface area contributed by atoms with E-state index in [0.717, 1.165) is 39.2 Å². The Morgan fingerprint density at radius 2 is 0.920 bits per heavy atom. The molecule has 10 rings (SSSR count). The van der Waals surface area contributed by atoms with Gasteiger partial charge in [-0.2, -0.15) is 0 Å². The van der Waals surface area contributed by atoms with E-state index in [-0.39, 0.29) is 0 Å². The summed E-state index contributed by atoms with van der Waals surface area (Å²) in [5, 5.41) is 8.46. The van der Waals surface area contributed by atoms with Crippen molar-refractivity contribution >= 4 is 55.0 Å². The number of nitrogens with zero attached hydrogens (tertiary/aromatic N) is 5. The summed E-state index contributed by atoms with van der Waals surface area (Å²) in [6, 6.07) is 52.9. The second-order valence-corrected chi connectivity index (χ2v) is 12.5. The van der Waals surface area contributed by atoms with Crippen molar-refractivity contribution in [2.75, 3.05) is 6.54 Å². The molecule has 3 aromatic heterocycles. The number of hydrogen-bond acceptors (Lipinski definition) is 4. The van der Waals surface area contributed by atoms with Crippen molar-refractivity contribution in [1.29, 1.82) is 0 Å². The number of benzene rings is 6. The van der Waals surface area contributed by atoms with Gasteiger partial charge in [0.2, 0.25) is 0 Å². The van der Waals surface area contributed by atoms with E-state index in [1.807, 2.05) is 60.7 Å². The van der Waals surface area contributed by atoms with Crippen molar-refractivity contribution in [1.82, 2.24) is 29.4 Å². The Balaban J connectivity index is 1.24. The molecule has 1 aliphatic heterocycles. The largest absolute Gasteiger partial charge is 0.378 e. The van der Waals surface area contributed by atoms with Gasteiger partial charge in [-0.1, -0.05) is 127 Å². The van der Waals surface area contributed by atoms with Gasteiger partial charge in [-0.3, -0.25) is 0 Å². The van der Waals surface area contributed by atoms with E-state index in [0.29, 0.717) is 24.0 Å². The molecule has 1 N–H and O–H groups in total. The van der Waals surface area contributed by atoms with Gasteiger partial charge < -0.3 is 14.5 Å². The number of rotatable bonds is 5. The Kier molecular flexibility index (Phi) is 6.45. The van der Waals surface area contributed by atoms with Crippen LogP contribution in [0.4, 0.5) is 0 Å². The van der Waals surface area contributed by atoms with Crippen LogP contribution in [0.2, 0.25) is 0 Å². The van der Waals surface area contributed by atoms with Gasteiger partial charge in [0.15, 0.2) is 17.5 Å². The van der Waals surface area contributed by atoms with Gasteiger partial charge in [-0.05, 0) is 36.4 Å². The molecule has 6 aromatic carbocycles. The molecule has 6 heteroatoms. The molecule has 0 bridgehead atoms. The second-order valence-electron chi connectivity index (χ2n) is 12.5. The molecule has 4 heterocycles. The standard InChI is InChI=1S/C44H30N6/c1-4-14-29(15-5-1)42-46-43(30-16-6-2-7-17-30)48-44(47-42)37-28-32(26-27-45-37)50-39-23-13-11-21-34(39)36-25-24-35-33-20-10-12-22-38(33)49(40(35)41(36)50)31-18-8-3-9-19-31/h1-26,28,45H,27H2. The molecule has 0 amide bonds. The van der Waals surface area contributed by atoms with Crippen molar-refractivity contribution in [3.63, 3.8) is 0 Å². The fourth-order valence-corrected chi connectivity index (χ4v) is 7.37. The highest BCUT2D eigenvalue weighted by Gasteiger charge is 2.23. The van der Waals surface area contributed by atoms with E-state index in [4.69, 9.17) is 15.0 Å². The van der Waals surface area contributed by atoms with Gasteiger partial charge in [0.1, 0.15) is 0 Å². The minimum atomic E-state index is 0.604. The summed E-state index contributed by atoms with van der Waals surface area (Å²) in [5.74, 6) is 1.88. The maximum atomic E-state index is 5.03. The highest BCUT2D eigenvalue weighted by molar-refractivity contribution is 6.24. The van der Waals surface area contributed by atoms with Crippen molar-refractivity contribution in [3.8, 4) is 28.5 Å². The fraction of sp³-hybridized carbons (Fsp3) is 0.0227. The lowest BCUT2D eigenvalue weighted by Gasteiger charge is -2.19. The topological polar surface area (TPSA) is 60.6 Å². The van der Waals surface area contributed by atoms with Crippen LogP contribution in [0.5, 0.6) is 0 Å². The summed E-state index contributed by atoms with van der Waals surface area (Å²) >= 11 is 0. The van der Waals surface area contributed by atoms with Crippen molar-refractivity contribution < 1.29 is 0 Å². The number of nitrogens with one attached hydrogen (secondary N) is 1. The SMILES string of the molecule is C1=C(c2nc(-c3ccccc3)nc(-c3ccccc3)n2)NCC=C1n1c2ccccc2c2ccc3c4ccccc4n(-c4ccccc4)c3c21. The number of aromatic nitrogens is 5. The van der Waals surface area contributed by atoms with Crippen LogP contribution in [0.15, 0.2) is 164 Å². The van der Waals surface area contributed by atoms with Crippen LogP contribution in [-0.2, 0) is 0 Å². The number of hydrogen-bond donors (Lipinski definition) is 1. The summed E-state index contributed by atoms with van der Waals surface area (Å²) in [4.78, 5) is 15.0. The quantitative estimate of drug-likeness (QED) is 0.203. The summed E-state index contributed by atoms with van der Waals surface area (Å²) in [6.45, 7) is 0.625. The number of fused-ring (bicyclic) bond motifs is 7. The molecule has 6 nitrogen and oxygen atoms in total. The molecule has 0 aliphatic carbocycles. The number of dihydropyridines is 1. The minimum absolute atomic E-state index is 0.604. The zero-order chi connectivity index (χ0) is 33.0. The molecular formula is C44H30N6. The summed E-state index contributed by atoms with van der Waals surface area (Å²) in [7, 11) is 0. The first-order valence-electron chi connectivity index (χ1n) is 16.9. The van der Waals surface area contributed by atoms with Crippen molar-refractivity contribution in [3.05, 3.63) is 170 Å². The van der Waals surface area contributed by atoms with Crippen molar-refractivity contribution in [2.24, 2.45) is 0 Å². The van der Waals surface area contributed by atoms with Crippen LogP contribution in [0.1, 0.15) is 5.82 Å². The maximum absolute atomic E-state index is 5.03. The van der Waals surface area contributed by atoms with Crippen LogP contribution in [0, 0.1) is 0 Å². The first kappa shape index (κ1) is 28.2. The van der Waals surface area contributed by atoms with E-state index in [1.54, 1.807) is 0 Å². The molecule has 0 spiro atoms. The maximum Gasteiger partial charge on any atom is 0.180 e. The average molecular weight is 643 g/mol. The molecule has 0 atom stereocenters. The van der Waals surface area contributed by atoms with Crippen molar-refractivity contribution in [2.45, 2.75) is 0 Å². The first-order valence-corrected chi connectivity index (χ1v) is 16.9. The molecule has 0 saturated heterocycles. The summed E-state index contributed by atoms with van der Waals surface area (Å²) in [6.07, 6.45) is 4.43. The van der Waals surface area contributed by atoms with Gasteiger partial charge in [0, 0.05) is 50.6 Å². The lowest BCUT2D eigenvalue weighted by Crippen LogP contribution is -2.20. The van der Waals surface area contributed by atoms with Crippen LogP contribution in [0.25, 0.3) is 83.5 Å². The van der Waals surface area contributed by atoms with Gasteiger partial charge >= 0.3 is 0 Å². The zero-order valence-electron chi connectivity index (χ0n) is 27.0. The Labute approximate surface area is 288 Å². The van der Waals surface area contributed by atoms with Gasteiger partial charge in [0.05, 0.1) is 27.8 Å². The van der Waals surface area contributed by atoms with E-state index in [9.17, 15) is 0 Å². The lowest BCUT2D eigenvalue weighted by atomic mass is 10.1. The Morgan fingerprint density at radius 3 is 1.52 bits per heavy atom. The molecule has 0 radical (unpaired) electrons. The average Bonchev–Trinajstić information content (AvgIpc) is 3.72. The number of allylic oxidation sites excluding steroid dienone is 2. The highest BCUT2D eigenvalue weighted by Crippen LogP contribution is 2.42. The predicted molar refractivity (Wildman–Crippen MR) is 205 cm³/mol. The normalized spacial score (nSPS) is 13.1. The number of para-hydroxylation sites is 3. The zero-order valence-corrected chi connectivity index (χ0v) is 27.0. The molecule has 236 valence electrons. The monoisotopic (exact) mass is 642 g/mol. The predicted octanol–water partition coefficient (Wildman–Crippen LogP) is 9.90. The summed E-state index contributed by atoms with van der Waals surface area (Å²) in [5.41, 5.74) is 9.60. The third-order valence-corrected chi connectivity index (χ3v) is 9.58. The molecule has 50 heavy (non-hydrogen) atoms. The molecule has 0 fully saturated rings. The Morgan fingerprint density at radius 1 is 0.440 bits per heavy atom. The summed E-state index contributed by atoms with van der Waals surface area (Å²) < 4.78 is 4.84. The molecule has 0 saturated carbocycles. The third kappa shape index (κ3) is 4.46. The van der Waals surface area contributed by atoms with E-state index >= 15 is 0 Å². The first-order chi connectivity index (χ1) is 24.8. The minimum Gasteiger partial charge on any atom is -0.378 e. The van der Waals surface area contributed by atoms with E-state index in [2.05, 4.69) is 118 Å². The van der Waals surface area contributed by atoms with E-state index < -0.39 is 0 Å². The second kappa shape index (κ2) is 11.4.